The summed E-state index contributed by atoms with van der Waals surface area (Å²) in [6, 6.07) is 8.07. The topological polar surface area (TPSA) is 34.1 Å². The molecule has 0 bridgehead atoms. The number of benzene rings is 1. The van der Waals surface area contributed by atoms with Crippen molar-refractivity contribution in [3.8, 4) is 5.75 Å². The Morgan fingerprint density at radius 1 is 1.38 bits per heavy atom. The molecule has 0 spiro atoms. The van der Waals surface area contributed by atoms with Crippen LogP contribution in [0.3, 0.4) is 0 Å². The van der Waals surface area contributed by atoms with Crippen molar-refractivity contribution in [2.75, 3.05) is 7.05 Å². The van der Waals surface area contributed by atoms with Gasteiger partial charge in [-0.1, -0.05) is 18.2 Å². The molecule has 0 unspecified atom stereocenters. The summed E-state index contributed by atoms with van der Waals surface area (Å²) in [5.41, 5.74) is 2.99. The molecule has 0 amide bonds. The van der Waals surface area contributed by atoms with Gasteiger partial charge in [-0.05, 0) is 13.1 Å². The van der Waals surface area contributed by atoms with Crippen LogP contribution in [-0.4, -0.2) is 12.0 Å². The van der Waals surface area contributed by atoms with E-state index in [0.29, 0.717) is 6.61 Å². The first kappa shape index (κ1) is 11.1. The predicted molar refractivity (Wildman–Crippen MR) is 65.7 cm³/mol. The Morgan fingerprint density at radius 2 is 2.25 bits per heavy atom. The highest BCUT2D eigenvalue weighted by Crippen LogP contribution is 2.19. The van der Waals surface area contributed by atoms with Crippen LogP contribution in [0.25, 0.3) is 0 Å². The zero-order chi connectivity index (χ0) is 11.2. The SMILES string of the molecule is CNCc1ccccc1OCc1cncs1. The van der Waals surface area contributed by atoms with Crippen LogP contribution in [0, 0.1) is 0 Å². The number of hydrogen-bond donors (Lipinski definition) is 1. The van der Waals surface area contributed by atoms with Gasteiger partial charge in [-0.15, -0.1) is 11.3 Å². The lowest BCUT2D eigenvalue weighted by atomic mass is 10.2. The molecule has 0 aliphatic carbocycles. The third kappa shape index (κ3) is 2.81. The fourth-order valence-corrected chi connectivity index (χ4v) is 1.95. The molecule has 1 N–H and O–H groups in total. The second-order valence-corrected chi connectivity index (χ2v) is 4.37. The maximum Gasteiger partial charge on any atom is 0.124 e. The summed E-state index contributed by atoms with van der Waals surface area (Å²) in [4.78, 5) is 5.16. The van der Waals surface area contributed by atoms with E-state index < -0.39 is 0 Å². The Labute approximate surface area is 99.1 Å². The molecule has 0 saturated carbocycles. The van der Waals surface area contributed by atoms with Crippen LogP contribution in [0.15, 0.2) is 36.0 Å². The highest BCUT2D eigenvalue weighted by atomic mass is 32.1. The van der Waals surface area contributed by atoms with Crippen LogP contribution in [0.4, 0.5) is 0 Å². The van der Waals surface area contributed by atoms with Gasteiger partial charge in [0.2, 0.25) is 0 Å². The van der Waals surface area contributed by atoms with Crippen molar-refractivity contribution in [3.05, 3.63) is 46.4 Å². The second kappa shape index (κ2) is 5.63. The summed E-state index contributed by atoms with van der Waals surface area (Å²) < 4.78 is 5.76. The molecule has 1 heterocycles. The van der Waals surface area contributed by atoms with Gasteiger partial charge >= 0.3 is 0 Å². The molecule has 0 radical (unpaired) electrons. The number of thiazole rings is 1. The van der Waals surface area contributed by atoms with E-state index in [2.05, 4.69) is 16.4 Å². The zero-order valence-corrected chi connectivity index (χ0v) is 9.96. The van der Waals surface area contributed by atoms with Gasteiger partial charge in [0.05, 0.1) is 10.4 Å². The van der Waals surface area contributed by atoms with Crippen LogP contribution in [0.2, 0.25) is 0 Å². The van der Waals surface area contributed by atoms with Gasteiger partial charge in [-0.25, -0.2) is 0 Å². The van der Waals surface area contributed by atoms with Gasteiger partial charge in [0.1, 0.15) is 12.4 Å². The Kier molecular flexibility index (Phi) is 3.91. The number of nitrogens with one attached hydrogen (secondary N) is 1. The van der Waals surface area contributed by atoms with Gasteiger partial charge < -0.3 is 10.1 Å². The quantitative estimate of drug-likeness (QED) is 0.862. The summed E-state index contributed by atoms with van der Waals surface area (Å²) in [5.74, 6) is 0.935. The van der Waals surface area contributed by atoms with E-state index in [-0.39, 0.29) is 0 Å². The van der Waals surface area contributed by atoms with Gasteiger partial charge in [0.25, 0.3) is 0 Å². The van der Waals surface area contributed by atoms with Crippen LogP contribution in [-0.2, 0) is 13.2 Å². The van der Waals surface area contributed by atoms with Crippen molar-refractivity contribution in [2.45, 2.75) is 13.2 Å². The number of rotatable bonds is 5. The van der Waals surface area contributed by atoms with E-state index in [4.69, 9.17) is 4.74 Å². The third-order valence-electron chi connectivity index (χ3n) is 2.19. The molecule has 2 aromatic rings. The van der Waals surface area contributed by atoms with Gasteiger partial charge in [0, 0.05) is 18.3 Å². The average Bonchev–Trinajstić information content (AvgIpc) is 2.81. The Balaban J connectivity index is 2.03. The van der Waals surface area contributed by atoms with Crippen LogP contribution in [0.1, 0.15) is 10.4 Å². The minimum atomic E-state index is 0.589. The Bertz CT molecular complexity index is 428. The third-order valence-corrected chi connectivity index (χ3v) is 2.95. The number of nitrogens with zero attached hydrogens (tertiary/aromatic N) is 1. The number of aromatic nitrogens is 1. The molecule has 84 valence electrons. The highest BCUT2D eigenvalue weighted by Gasteiger charge is 2.02. The molecule has 0 fully saturated rings. The Morgan fingerprint density at radius 3 is 3.00 bits per heavy atom. The van der Waals surface area contributed by atoms with E-state index in [1.807, 2.05) is 37.0 Å². The fourth-order valence-electron chi connectivity index (χ4n) is 1.44. The molecule has 2 rings (SSSR count). The van der Waals surface area contributed by atoms with Crippen LogP contribution >= 0.6 is 11.3 Å². The minimum absolute atomic E-state index is 0.589. The summed E-state index contributed by atoms with van der Waals surface area (Å²) in [7, 11) is 1.93. The molecular formula is C12H14N2OS. The van der Waals surface area contributed by atoms with E-state index in [9.17, 15) is 0 Å². The van der Waals surface area contributed by atoms with Crippen molar-refractivity contribution >= 4 is 11.3 Å². The van der Waals surface area contributed by atoms with Crippen LogP contribution in [0.5, 0.6) is 5.75 Å². The predicted octanol–water partition coefficient (Wildman–Crippen LogP) is 2.44. The number of ether oxygens (including phenoxy) is 1. The molecule has 16 heavy (non-hydrogen) atoms. The first-order valence-electron chi connectivity index (χ1n) is 5.13. The highest BCUT2D eigenvalue weighted by molar-refractivity contribution is 7.09. The standard InChI is InChI=1S/C12H14N2OS/c1-13-6-10-4-2-3-5-12(10)15-8-11-7-14-9-16-11/h2-5,7,9,13H,6,8H2,1H3. The molecular weight excluding hydrogens is 220 g/mol. The van der Waals surface area contributed by atoms with Crippen molar-refractivity contribution in [1.29, 1.82) is 0 Å². The molecule has 1 aromatic carbocycles. The van der Waals surface area contributed by atoms with Gasteiger partial charge in [0.15, 0.2) is 0 Å². The van der Waals surface area contributed by atoms with Gasteiger partial charge in [-0.2, -0.15) is 0 Å². The van der Waals surface area contributed by atoms with E-state index in [1.54, 1.807) is 11.3 Å². The zero-order valence-electron chi connectivity index (χ0n) is 9.14. The smallest absolute Gasteiger partial charge is 0.124 e. The average molecular weight is 234 g/mol. The summed E-state index contributed by atoms with van der Waals surface area (Å²) in [5, 5.41) is 3.13. The first-order valence-corrected chi connectivity index (χ1v) is 6.01. The molecule has 0 aliphatic heterocycles. The van der Waals surface area contributed by atoms with Crippen molar-refractivity contribution in [3.63, 3.8) is 0 Å². The largest absolute Gasteiger partial charge is 0.488 e. The Hall–Kier alpha value is -1.39. The van der Waals surface area contributed by atoms with Crippen molar-refractivity contribution < 1.29 is 4.74 Å². The molecule has 1 aromatic heterocycles. The van der Waals surface area contributed by atoms with Gasteiger partial charge in [-0.3, -0.25) is 4.98 Å². The van der Waals surface area contributed by atoms with Crippen molar-refractivity contribution in [2.24, 2.45) is 0 Å². The lowest BCUT2D eigenvalue weighted by molar-refractivity contribution is 0.305. The second-order valence-electron chi connectivity index (χ2n) is 3.39. The summed E-state index contributed by atoms with van der Waals surface area (Å²) >= 11 is 1.61. The maximum atomic E-state index is 5.76. The maximum absolute atomic E-state index is 5.76. The monoisotopic (exact) mass is 234 g/mol. The molecule has 0 atom stereocenters. The lowest BCUT2D eigenvalue weighted by Crippen LogP contribution is -2.07. The summed E-state index contributed by atoms with van der Waals surface area (Å²) in [6.07, 6.45) is 1.84. The molecule has 0 aliphatic rings. The molecule has 4 heteroatoms. The van der Waals surface area contributed by atoms with E-state index in [1.165, 1.54) is 5.56 Å². The summed E-state index contributed by atoms with van der Waals surface area (Å²) in [6.45, 7) is 1.41. The van der Waals surface area contributed by atoms with Crippen molar-refractivity contribution in [1.82, 2.24) is 10.3 Å². The van der Waals surface area contributed by atoms with E-state index in [0.717, 1.165) is 17.2 Å². The normalized spacial score (nSPS) is 10.3. The number of hydrogen-bond acceptors (Lipinski definition) is 4. The minimum Gasteiger partial charge on any atom is -0.488 e. The first-order chi connectivity index (χ1) is 7.90. The molecule has 3 nitrogen and oxygen atoms in total. The van der Waals surface area contributed by atoms with E-state index >= 15 is 0 Å². The fraction of sp³-hybridized carbons (Fsp3) is 0.250. The molecule has 0 saturated heterocycles. The lowest BCUT2D eigenvalue weighted by Gasteiger charge is -2.09. The number of para-hydroxylation sites is 1. The van der Waals surface area contributed by atoms with Crippen LogP contribution < -0.4 is 10.1 Å².